The molecule has 1 atom stereocenters. The summed E-state index contributed by atoms with van der Waals surface area (Å²) in [4.78, 5) is 16.5. The number of hydrogen-bond acceptors (Lipinski definition) is 7. The molecule has 10 heteroatoms. The number of anilines is 1. The van der Waals surface area contributed by atoms with Gasteiger partial charge < -0.3 is 10.1 Å². The van der Waals surface area contributed by atoms with Crippen molar-refractivity contribution in [2.24, 2.45) is 0 Å². The molecule has 0 fully saturated rings. The van der Waals surface area contributed by atoms with Gasteiger partial charge in [0.2, 0.25) is 11.1 Å². The molecule has 0 spiro atoms. The fourth-order valence-corrected chi connectivity index (χ4v) is 3.11. The summed E-state index contributed by atoms with van der Waals surface area (Å²) in [5.74, 6) is 0.872. The van der Waals surface area contributed by atoms with E-state index in [0.29, 0.717) is 34.0 Å². The molecule has 1 aromatic carbocycles. The zero-order valence-corrected chi connectivity index (χ0v) is 16.2. The number of benzene rings is 1. The highest BCUT2D eigenvalue weighted by atomic mass is 35.5. The van der Waals surface area contributed by atoms with Gasteiger partial charge >= 0.3 is 0 Å². The van der Waals surface area contributed by atoms with E-state index >= 15 is 0 Å². The van der Waals surface area contributed by atoms with E-state index in [2.05, 4.69) is 25.8 Å². The minimum atomic E-state index is -0.452. The summed E-state index contributed by atoms with van der Waals surface area (Å²) in [6, 6.07) is 10.7. The van der Waals surface area contributed by atoms with Gasteiger partial charge in [-0.25, -0.2) is 4.98 Å². The summed E-state index contributed by atoms with van der Waals surface area (Å²) in [5.41, 5.74) is 0.707. The van der Waals surface area contributed by atoms with Crippen LogP contribution in [0.2, 0.25) is 5.02 Å². The first-order chi connectivity index (χ1) is 13.1. The summed E-state index contributed by atoms with van der Waals surface area (Å²) in [6.45, 7) is 4.20. The maximum Gasteiger partial charge on any atom is 0.238 e. The van der Waals surface area contributed by atoms with Gasteiger partial charge in [0.05, 0.1) is 16.9 Å². The van der Waals surface area contributed by atoms with Crippen molar-refractivity contribution in [3.05, 3.63) is 47.6 Å². The minimum Gasteiger partial charge on any atom is -0.492 e. The second-order valence-corrected chi connectivity index (χ2v) is 7.13. The average molecular weight is 405 g/mol. The van der Waals surface area contributed by atoms with E-state index < -0.39 is 5.25 Å². The molecule has 3 rings (SSSR count). The third-order valence-electron chi connectivity index (χ3n) is 3.46. The van der Waals surface area contributed by atoms with Gasteiger partial charge in [0.1, 0.15) is 17.3 Å². The summed E-state index contributed by atoms with van der Waals surface area (Å²) in [5, 5.41) is 15.1. The first-order valence-electron chi connectivity index (χ1n) is 8.18. The standard InChI is InChI=1S/C17H17ClN6O2S/c1-3-26-14-7-5-4-6-13(14)24-17(21-22-23-24)27-11(2)16(25)20-15-9-8-12(18)10-19-15/h4-11H,3H2,1-2H3,(H,19,20,25)/t11-/m1/s1. The maximum atomic E-state index is 12.4. The number of amides is 1. The summed E-state index contributed by atoms with van der Waals surface area (Å²) < 4.78 is 7.19. The number of nitrogens with one attached hydrogen (secondary N) is 1. The highest BCUT2D eigenvalue weighted by Gasteiger charge is 2.21. The highest BCUT2D eigenvalue weighted by Crippen LogP contribution is 2.28. The van der Waals surface area contributed by atoms with Crippen LogP contribution in [0.25, 0.3) is 5.69 Å². The Hall–Kier alpha value is -2.65. The molecule has 2 heterocycles. The second kappa shape index (κ2) is 8.83. The first kappa shape index (κ1) is 19.1. The van der Waals surface area contributed by atoms with Crippen LogP contribution in [0.4, 0.5) is 5.82 Å². The van der Waals surface area contributed by atoms with E-state index in [1.807, 2.05) is 31.2 Å². The Balaban J connectivity index is 1.74. The predicted octanol–water partition coefficient (Wildman–Crippen LogP) is 3.23. The second-order valence-electron chi connectivity index (χ2n) is 5.38. The summed E-state index contributed by atoms with van der Waals surface area (Å²) in [6.07, 6.45) is 1.47. The molecule has 8 nitrogen and oxygen atoms in total. The van der Waals surface area contributed by atoms with Crippen molar-refractivity contribution >= 4 is 35.1 Å². The largest absolute Gasteiger partial charge is 0.492 e. The molecular weight excluding hydrogens is 388 g/mol. The third-order valence-corrected chi connectivity index (χ3v) is 4.72. The molecule has 0 unspecified atom stereocenters. The number of nitrogens with zero attached hydrogens (tertiary/aromatic N) is 5. The number of halogens is 1. The van der Waals surface area contributed by atoms with Crippen LogP contribution in [0.1, 0.15) is 13.8 Å². The summed E-state index contributed by atoms with van der Waals surface area (Å²) in [7, 11) is 0. The number of tetrazole rings is 1. The Bertz CT molecular complexity index is 918. The zero-order valence-electron chi connectivity index (χ0n) is 14.7. The van der Waals surface area contributed by atoms with Gasteiger partial charge in [0.25, 0.3) is 0 Å². The molecule has 3 aromatic rings. The van der Waals surface area contributed by atoms with Crippen molar-refractivity contribution in [3.63, 3.8) is 0 Å². The van der Waals surface area contributed by atoms with E-state index in [1.165, 1.54) is 18.0 Å². The fraction of sp³-hybridized carbons (Fsp3) is 0.235. The van der Waals surface area contributed by atoms with Crippen molar-refractivity contribution < 1.29 is 9.53 Å². The number of carbonyl (C=O) groups is 1. The van der Waals surface area contributed by atoms with Crippen molar-refractivity contribution in [1.82, 2.24) is 25.2 Å². The zero-order chi connectivity index (χ0) is 19.2. The molecule has 0 aliphatic carbocycles. The quantitative estimate of drug-likeness (QED) is 0.604. The molecule has 1 amide bonds. The molecule has 0 saturated heterocycles. The molecule has 0 radical (unpaired) electrons. The van der Waals surface area contributed by atoms with Crippen molar-refractivity contribution in [2.75, 3.05) is 11.9 Å². The molecule has 2 aromatic heterocycles. The van der Waals surface area contributed by atoms with E-state index in [4.69, 9.17) is 16.3 Å². The van der Waals surface area contributed by atoms with Crippen LogP contribution in [0, 0.1) is 0 Å². The van der Waals surface area contributed by atoms with Gasteiger partial charge in [-0.2, -0.15) is 4.68 Å². The number of aromatic nitrogens is 5. The lowest BCUT2D eigenvalue weighted by Gasteiger charge is -2.13. The number of pyridine rings is 1. The normalized spacial score (nSPS) is 11.8. The number of thioether (sulfide) groups is 1. The average Bonchev–Trinajstić information content (AvgIpc) is 3.12. The van der Waals surface area contributed by atoms with Gasteiger partial charge in [-0.1, -0.05) is 35.5 Å². The lowest BCUT2D eigenvalue weighted by Crippen LogP contribution is -2.23. The van der Waals surface area contributed by atoms with E-state index in [0.717, 1.165) is 0 Å². The number of carbonyl (C=O) groups excluding carboxylic acids is 1. The Morgan fingerprint density at radius 3 is 2.89 bits per heavy atom. The van der Waals surface area contributed by atoms with Gasteiger partial charge in [-0.15, -0.1) is 5.10 Å². The molecule has 0 bridgehead atoms. The Morgan fingerprint density at radius 1 is 1.33 bits per heavy atom. The molecule has 140 valence electrons. The van der Waals surface area contributed by atoms with Crippen LogP contribution in [0.5, 0.6) is 5.75 Å². The lowest BCUT2D eigenvalue weighted by molar-refractivity contribution is -0.115. The smallest absolute Gasteiger partial charge is 0.238 e. The monoisotopic (exact) mass is 404 g/mol. The number of ether oxygens (including phenoxy) is 1. The number of hydrogen-bond donors (Lipinski definition) is 1. The number of para-hydroxylation sites is 2. The van der Waals surface area contributed by atoms with Crippen LogP contribution in [0.3, 0.4) is 0 Å². The Morgan fingerprint density at radius 2 is 2.15 bits per heavy atom. The number of rotatable bonds is 7. The molecule has 0 saturated carbocycles. The molecule has 1 N–H and O–H groups in total. The fourth-order valence-electron chi connectivity index (χ4n) is 2.20. The Labute approximate surface area is 165 Å². The third kappa shape index (κ3) is 4.75. The van der Waals surface area contributed by atoms with Crippen molar-refractivity contribution in [1.29, 1.82) is 0 Å². The van der Waals surface area contributed by atoms with Crippen LogP contribution < -0.4 is 10.1 Å². The lowest BCUT2D eigenvalue weighted by atomic mass is 10.3. The van der Waals surface area contributed by atoms with Crippen molar-refractivity contribution in [3.8, 4) is 11.4 Å². The van der Waals surface area contributed by atoms with Gasteiger partial charge in [-0.3, -0.25) is 4.79 Å². The van der Waals surface area contributed by atoms with Crippen LogP contribution in [-0.4, -0.2) is 43.0 Å². The molecule has 0 aliphatic heterocycles. The Kier molecular flexibility index (Phi) is 6.25. The maximum absolute atomic E-state index is 12.4. The predicted molar refractivity (Wildman–Crippen MR) is 104 cm³/mol. The SMILES string of the molecule is CCOc1ccccc1-n1nnnc1S[C@H](C)C(=O)Nc1ccc(Cl)cn1. The van der Waals surface area contributed by atoms with E-state index in [9.17, 15) is 4.79 Å². The van der Waals surface area contributed by atoms with Crippen LogP contribution >= 0.6 is 23.4 Å². The van der Waals surface area contributed by atoms with E-state index in [-0.39, 0.29) is 5.91 Å². The topological polar surface area (TPSA) is 94.8 Å². The van der Waals surface area contributed by atoms with Gasteiger partial charge in [-0.05, 0) is 48.5 Å². The minimum absolute atomic E-state index is 0.220. The highest BCUT2D eigenvalue weighted by molar-refractivity contribution is 8.00. The van der Waals surface area contributed by atoms with E-state index in [1.54, 1.807) is 23.7 Å². The first-order valence-corrected chi connectivity index (χ1v) is 9.44. The van der Waals surface area contributed by atoms with Crippen LogP contribution in [-0.2, 0) is 4.79 Å². The molecule has 0 aliphatic rings. The summed E-state index contributed by atoms with van der Waals surface area (Å²) >= 11 is 7.04. The van der Waals surface area contributed by atoms with Gasteiger partial charge in [0.15, 0.2) is 0 Å². The van der Waals surface area contributed by atoms with Crippen molar-refractivity contribution in [2.45, 2.75) is 24.3 Å². The molecular formula is C17H17ClN6O2S. The molecule has 27 heavy (non-hydrogen) atoms. The van der Waals surface area contributed by atoms with Gasteiger partial charge in [0, 0.05) is 6.20 Å². The van der Waals surface area contributed by atoms with Crippen LogP contribution in [0.15, 0.2) is 47.8 Å².